The Bertz CT molecular complexity index is 1200. The van der Waals surface area contributed by atoms with Gasteiger partial charge in [0.05, 0.1) is 18.5 Å². The highest BCUT2D eigenvalue weighted by Gasteiger charge is 2.15. The molecule has 2 aromatic carbocycles. The largest absolute Gasteiger partial charge is 0.508 e. The average Bonchev–Trinajstić information content (AvgIpc) is 3.13. The fourth-order valence-electron chi connectivity index (χ4n) is 2.89. The number of aromatic amines is 2. The van der Waals surface area contributed by atoms with Crippen molar-refractivity contribution in [3.63, 3.8) is 0 Å². The maximum atomic E-state index is 12.2. The second-order valence-corrected chi connectivity index (χ2v) is 5.86. The van der Waals surface area contributed by atoms with E-state index in [-0.39, 0.29) is 22.6 Å². The zero-order valence-electron chi connectivity index (χ0n) is 14.4. The molecule has 4 N–H and O–H groups in total. The molecule has 136 valence electrons. The van der Waals surface area contributed by atoms with Gasteiger partial charge in [0, 0.05) is 5.56 Å². The monoisotopic (exact) mass is 364 g/mol. The van der Waals surface area contributed by atoms with Crippen molar-refractivity contribution in [2.45, 2.75) is 6.92 Å². The number of aromatic nitrogens is 4. The quantitative estimate of drug-likeness (QED) is 0.413. The highest BCUT2D eigenvalue weighted by molar-refractivity contribution is 5.79. The Labute approximate surface area is 153 Å². The third-order valence-corrected chi connectivity index (χ3v) is 4.12. The summed E-state index contributed by atoms with van der Waals surface area (Å²) in [5.74, 6) is 0.903. The molecule has 0 fully saturated rings. The number of ether oxygens (including phenoxy) is 1. The fraction of sp³-hybridized carbons (Fsp3) is 0.105. The maximum Gasteiger partial charge on any atom is 0.279 e. The summed E-state index contributed by atoms with van der Waals surface area (Å²) >= 11 is 0. The first-order valence-electron chi connectivity index (χ1n) is 8.30. The number of aromatic hydroxyl groups is 2. The van der Waals surface area contributed by atoms with Crippen LogP contribution in [-0.4, -0.2) is 36.8 Å². The summed E-state index contributed by atoms with van der Waals surface area (Å²) in [4.78, 5) is 26.1. The minimum absolute atomic E-state index is 0.0356. The SMILES string of the molecule is CCOc1cc(-c2cc(O)ccc2O)ccc1-c1nc2[nH]cnc2c(=O)[nH]1. The van der Waals surface area contributed by atoms with Crippen molar-refractivity contribution < 1.29 is 14.9 Å². The van der Waals surface area contributed by atoms with E-state index in [1.54, 1.807) is 18.2 Å². The molecule has 0 spiro atoms. The zero-order chi connectivity index (χ0) is 19.0. The van der Waals surface area contributed by atoms with Crippen molar-refractivity contribution in [3.05, 3.63) is 53.1 Å². The molecule has 0 aliphatic rings. The van der Waals surface area contributed by atoms with Crippen LogP contribution < -0.4 is 10.3 Å². The van der Waals surface area contributed by atoms with E-state index in [2.05, 4.69) is 19.9 Å². The molecule has 2 heterocycles. The summed E-state index contributed by atoms with van der Waals surface area (Å²) in [5, 5.41) is 19.8. The second kappa shape index (κ2) is 6.49. The van der Waals surface area contributed by atoms with Gasteiger partial charge in [-0.3, -0.25) is 4.79 Å². The van der Waals surface area contributed by atoms with Crippen LogP contribution in [0.5, 0.6) is 17.2 Å². The number of hydrogen-bond acceptors (Lipinski definition) is 6. The lowest BCUT2D eigenvalue weighted by Crippen LogP contribution is -2.10. The van der Waals surface area contributed by atoms with E-state index in [9.17, 15) is 15.0 Å². The van der Waals surface area contributed by atoms with Crippen LogP contribution in [0.25, 0.3) is 33.7 Å². The van der Waals surface area contributed by atoms with E-state index in [1.165, 1.54) is 24.5 Å². The number of phenols is 2. The molecular weight excluding hydrogens is 348 g/mol. The molecule has 8 heteroatoms. The summed E-state index contributed by atoms with van der Waals surface area (Å²) < 4.78 is 5.73. The molecule has 4 aromatic rings. The number of H-pyrrole nitrogens is 2. The van der Waals surface area contributed by atoms with Gasteiger partial charge in [0.2, 0.25) is 0 Å². The number of benzene rings is 2. The van der Waals surface area contributed by atoms with Gasteiger partial charge in [-0.15, -0.1) is 0 Å². The summed E-state index contributed by atoms with van der Waals surface area (Å²) in [6, 6.07) is 9.52. The minimum atomic E-state index is -0.353. The first-order valence-corrected chi connectivity index (χ1v) is 8.30. The molecule has 0 radical (unpaired) electrons. The van der Waals surface area contributed by atoms with E-state index >= 15 is 0 Å². The van der Waals surface area contributed by atoms with Crippen molar-refractivity contribution in [3.8, 4) is 39.8 Å². The predicted molar refractivity (Wildman–Crippen MR) is 99.9 cm³/mol. The van der Waals surface area contributed by atoms with Gasteiger partial charge in [0.1, 0.15) is 23.1 Å². The number of phenolic OH excluding ortho intramolecular Hbond substituents is 2. The average molecular weight is 364 g/mol. The molecule has 0 aliphatic heterocycles. The van der Waals surface area contributed by atoms with Gasteiger partial charge in [0.15, 0.2) is 11.2 Å². The van der Waals surface area contributed by atoms with Crippen molar-refractivity contribution in [1.82, 2.24) is 19.9 Å². The van der Waals surface area contributed by atoms with E-state index < -0.39 is 0 Å². The van der Waals surface area contributed by atoms with Crippen LogP contribution in [0.4, 0.5) is 0 Å². The van der Waals surface area contributed by atoms with Crippen molar-refractivity contribution >= 4 is 11.2 Å². The Balaban J connectivity index is 1.88. The standard InChI is InChI=1S/C19H16N4O4/c1-2-27-15-7-10(13-8-11(24)4-6-14(13)25)3-5-12(15)17-22-18-16(19(26)23-17)20-9-21-18/h3-9,24-25H,2H2,1H3,(H2,20,21,22,23,26). The number of nitrogens with one attached hydrogen (secondary N) is 2. The highest BCUT2D eigenvalue weighted by Crippen LogP contribution is 2.37. The molecular formula is C19H16N4O4. The van der Waals surface area contributed by atoms with Gasteiger partial charge in [-0.2, -0.15) is 0 Å². The van der Waals surface area contributed by atoms with Crippen molar-refractivity contribution in [1.29, 1.82) is 0 Å². The Kier molecular flexibility index (Phi) is 4.00. The minimum Gasteiger partial charge on any atom is -0.508 e. The van der Waals surface area contributed by atoms with Gasteiger partial charge in [-0.05, 0) is 42.8 Å². The van der Waals surface area contributed by atoms with Crippen LogP contribution in [0.3, 0.4) is 0 Å². The topological polar surface area (TPSA) is 124 Å². The van der Waals surface area contributed by atoms with Crippen LogP contribution >= 0.6 is 0 Å². The lowest BCUT2D eigenvalue weighted by Gasteiger charge is -2.13. The molecule has 4 rings (SSSR count). The van der Waals surface area contributed by atoms with Gasteiger partial charge in [-0.1, -0.05) is 6.07 Å². The van der Waals surface area contributed by atoms with Crippen LogP contribution in [0.1, 0.15) is 6.92 Å². The summed E-state index contributed by atoms with van der Waals surface area (Å²) in [7, 11) is 0. The second-order valence-electron chi connectivity index (χ2n) is 5.86. The molecule has 0 bridgehead atoms. The molecule has 0 amide bonds. The smallest absolute Gasteiger partial charge is 0.279 e. The van der Waals surface area contributed by atoms with Gasteiger partial charge in [0.25, 0.3) is 5.56 Å². The van der Waals surface area contributed by atoms with E-state index in [4.69, 9.17) is 4.74 Å². The molecule has 0 saturated carbocycles. The summed E-state index contributed by atoms with van der Waals surface area (Å²) in [5.41, 5.74) is 1.97. The maximum absolute atomic E-state index is 12.2. The van der Waals surface area contributed by atoms with E-state index in [0.717, 1.165) is 0 Å². The number of imidazole rings is 1. The van der Waals surface area contributed by atoms with Gasteiger partial charge < -0.3 is 24.9 Å². The number of fused-ring (bicyclic) bond motifs is 1. The highest BCUT2D eigenvalue weighted by atomic mass is 16.5. The lowest BCUT2D eigenvalue weighted by atomic mass is 10.0. The van der Waals surface area contributed by atoms with Crippen LogP contribution in [-0.2, 0) is 0 Å². The van der Waals surface area contributed by atoms with Crippen LogP contribution in [0, 0.1) is 0 Å². The van der Waals surface area contributed by atoms with E-state index in [0.29, 0.717) is 40.5 Å². The first-order chi connectivity index (χ1) is 13.1. The number of nitrogens with zero attached hydrogens (tertiary/aromatic N) is 2. The Morgan fingerprint density at radius 2 is 1.96 bits per heavy atom. The van der Waals surface area contributed by atoms with Crippen LogP contribution in [0.2, 0.25) is 0 Å². The summed E-state index contributed by atoms with van der Waals surface area (Å²) in [6.07, 6.45) is 1.41. The number of hydrogen-bond donors (Lipinski definition) is 4. The Morgan fingerprint density at radius 3 is 2.78 bits per heavy atom. The molecule has 27 heavy (non-hydrogen) atoms. The first kappa shape index (κ1) is 16.6. The molecule has 0 saturated heterocycles. The van der Waals surface area contributed by atoms with Crippen LogP contribution in [0.15, 0.2) is 47.5 Å². The Morgan fingerprint density at radius 1 is 1.11 bits per heavy atom. The van der Waals surface area contributed by atoms with Crippen molar-refractivity contribution in [2.24, 2.45) is 0 Å². The predicted octanol–water partition coefficient (Wildman–Crippen LogP) is 2.79. The third kappa shape index (κ3) is 2.97. The fourth-order valence-corrected chi connectivity index (χ4v) is 2.89. The lowest BCUT2D eigenvalue weighted by molar-refractivity contribution is 0.341. The third-order valence-electron chi connectivity index (χ3n) is 4.12. The normalized spacial score (nSPS) is 11.0. The molecule has 0 atom stereocenters. The zero-order valence-corrected chi connectivity index (χ0v) is 14.4. The molecule has 2 aromatic heterocycles. The Hall–Kier alpha value is -3.81. The molecule has 0 aliphatic carbocycles. The van der Waals surface area contributed by atoms with Gasteiger partial charge >= 0.3 is 0 Å². The summed E-state index contributed by atoms with van der Waals surface area (Å²) in [6.45, 7) is 2.25. The van der Waals surface area contributed by atoms with Gasteiger partial charge in [-0.25, -0.2) is 9.97 Å². The van der Waals surface area contributed by atoms with Crippen molar-refractivity contribution in [2.75, 3.05) is 6.61 Å². The number of rotatable bonds is 4. The molecule has 8 nitrogen and oxygen atoms in total. The molecule has 0 unspecified atom stereocenters. The van der Waals surface area contributed by atoms with E-state index in [1.807, 2.05) is 6.92 Å².